The molecule has 0 heterocycles. The van der Waals surface area contributed by atoms with Gasteiger partial charge in [-0.2, -0.15) is 0 Å². The van der Waals surface area contributed by atoms with Crippen molar-refractivity contribution in [3.63, 3.8) is 0 Å². The fourth-order valence-electron chi connectivity index (χ4n) is 3.02. The van der Waals surface area contributed by atoms with Crippen molar-refractivity contribution >= 4 is 29.4 Å². The number of carbonyl (C=O) groups is 1. The van der Waals surface area contributed by atoms with Gasteiger partial charge in [0.05, 0.1) is 0 Å². The highest BCUT2D eigenvalue weighted by Gasteiger charge is 2.10. The van der Waals surface area contributed by atoms with E-state index in [0.717, 1.165) is 21.6 Å². The molecule has 3 aromatic carbocycles. The van der Waals surface area contributed by atoms with Gasteiger partial charge in [0.1, 0.15) is 0 Å². The van der Waals surface area contributed by atoms with E-state index in [1.54, 1.807) is 23.5 Å². The summed E-state index contributed by atoms with van der Waals surface area (Å²) in [5, 5.41) is 3.07. The van der Waals surface area contributed by atoms with Crippen molar-refractivity contribution in [1.82, 2.24) is 5.32 Å². The third-order valence-electron chi connectivity index (χ3n) is 4.71. The Balaban J connectivity index is 1.81. The molecule has 0 aliphatic heterocycles. The number of amides is 1. The molecule has 3 aromatic rings. The molecule has 0 radical (unpaired) electrons. The standard InChI is InChI=1S/C24H25NOS2/c1-16-5-9-19(10-6-16)20-12-21(14-22(13-20)27-3)24(26)25-15-18-8-7-17(2)23(11-18)28-4/h5-14H,15H2,1-4H3,(H,25,26). The van der Waals surface area contributed by atoms with Gasteiger partial charge in [-0.3, -0.25) is 4.79 Å². The maximum absolute atomic E-state index is 12.8. The lowest BCUT2D eigenvalue weighted by Gasteiger charge is -2.11. The number of thioether (sulfide) groups is 2. The largest absolute Gasteiger partial charge is 0.348 e. The number of carbonyl (C=O) groups excluding carboxylic acids is 1. The lowest BCUT2D eigenvalue weighted by Crippen LogP contribution is -2.23. The second kappa shape index (κ2) is 9.35. The Morgan fingerprint density at radius 1 is 0.857 bits per heavy atom. The van der Waals surface area contributed by atoms with Gasteiger partial charge in [0.15, 0.2) is 0 Å². The van der Waals surface area contributed by atoms with Crippen LogP contribution >= 0.6 is 23.5 Å². The number of rotatable bonds is 6. The second-order valence-corrected chi connectivity index (χ2v) is 8.53. The van der Waals surface area contributed by atoms with E-state index in [2.05, 4.69) is 74.0 Å². The first kappa shape index (κ1) is 20.6. The highest BCUT2D eigenvalue weighted by atomic mass is 32.2. The molecule has 144 valence electrons. The van der Waals surface area contributed by atoms with Crippen molar-refractivity contribution in [3.8, 4) is 11.1 Å². The summed E-state index contributed by atoms with van der Waals surface area (Å²) >= 11 is 3.38. The van der Waals surface area contributed by atoms with Crippen LogP contribution in [0.1, 0.15) is 27.0 Å². The highest BCUT2D eigenvalue weighted by Crippen LogP contribution is 2.27. The lowest BCUT2D eigenvalue weighted by molar-refractivity contribution is 0.0950. The maximum atomic E-state index is 12.8. The predicted octanol–water partition coefficient (Wildman–Crippen LogP) is 6.34. The van der Waals surface area contributed by atoms with Crippen LogP contribution in [0, 0.1) is 13.8 Å². The highest BCUT2D eigenvalue weighted by molar-refractivity contribution is 7.98. The van der Waals surface area contributed by atoms with Crippen molar-refractivity contribution in [3.05, 3.63) is 82.9 Å². The molecule has 0 saturated heterocycles. The van der Waals surface area contributed by atoms with Gasteiger partial charge in [0, 0.05) is 21.9 Å². The van der Waals surface area contributed by atoms with E-state index in [-0.39, 0.29) is 5.91 Å². The number of nitrogens with one attached hydrogen (secondary N) is 1. The minimum absolute atomic E-state index is 0.0458. The quantitative estimate of drug-likeness (QED) is 0.483. The van der Waals surface area contributed by atoms with E-state index in [1.807, 2.05) is 18.4 Å². The molecule has 0 fully saturated rings. The van der Waals surface area contributed by atoms with E-state index in [9.17, 15) is 4.79 Å². The topological polar surface area (TPSA) is 29.1 Å². The van der Waals surface area contributed by atoms with Crippen molar-refractivity contribution in [1.29, 1.82) is 0 Å². The van der Waals surface area contributed by atoms with E-state index in [1.165, 1.54) is 16.0 Å². The Kier molecular flexibility index (Phi) is 6.87. The van der Waals surface area contributed by atoms with Gasteiger partial charge in [-0.1, -0.05) is 42.0 Å². The number of hydrogen-bond donors (Lipinski definition) is 1. The van der Waals surface area contributed by atoms with Crippen LogP contribution in [0.5, 0.6) is 0 Å². The predicted molar refractivity (Wildman–Crippen MR) is 123 cm³/mol. The zero-order valence-electron chi connectivity index (χ0n) is 16.7. The lowest BCUT2D eigenvalue weighted by atomic mass is 10.0. The zero-order chi connectivity index (χ0) is 20.1. The van der Waals surface area contributed by atoms with E-state index >= 15 is 0 Å². The Hall–Kier alpha value is -2.17. The first-order valence-corrected chi connectivity index (χ1v) is 11.6. The van der Waals surface area contributed by atoms with Crippen LogP contribution in [-0.2, 0) is 6.54 Å². The molecule has 3 rings (SSSR count). The third kappa shape index (κ3) is 5.00. The fourth-order valence-corrected chi connectivity index (χ4v) is 4.17. The first-order chi connectivity index (χ1) is 13.5. The summed E-state index contributed by atoms with van der Waals surface area (Å²) in [5.41, 5.74) is 6.49. The van der Waals surface area contributed by atoms with Crippen LogP contribution in [0.2, 0.25) is 0 Å². The van der Waals surface area contributed by atoms with Crippen LogP contribution in [0.15, 0.2) is 70.5 Å². The molecule has 0 atom stereocenters. The molecule has 0 saturated carbocycles. The average Bonchev–Trinajstić information content (AvgIpc) is 2.73. The molecule has 4 heteroatoms. The Morgan fingerprint density at radius 2 is 1.61 bits per heavy atom. The molecule has 0 aromatic heterocycles. The van der Waals surface area contributed by atoms with Crippen LogP contribution in [-0.4, -0.2) is 18.4 Å². The summed E-state index contributed by atoms with van der Waals surface area (Å²) in [6.07, 6.45) is 4.11. The Morgan fingerprint density at radius 3 is 2.29 bits per heavy atom. The summed E-state index contributed by atoms with van der Waals surface area (Å²) < 4.78 is 0. The zero-order valence-corrected chi connectivity index (χ0v) is 18.3. The van der Waals surface area contributed by atoms with Crippen molar-refractivity contribution in [2.24, 2.45) is 0 Å². The van der Waals surface area contributed by atoms with Gasteiger partial charge in [-0.15, -0.1) is 23.5 Å². The van der Waals surface area contributed by atoms with Gasteiger partial charge in [-0.05, 0) is 72.9 Å². The molecule has 1 amide bonds. The van der Waals surface area contributed by atoms with Gasteiger partial charge >= 0.3 is 0 Å². The second-order valence-electron chi connectivity index (χ2n) is 6.80. The molecule has 2 nitrogen and oxygen atoms in total. The van der Waals surface area contributed by atoms with Crippen molar-refractivity contribution < 1.29 is 4.79 Å². The molecular formula is C24H25NOS2. The maximum Gasteiger partial charge on any atom is 0.251 e. The molecule has 0 spiro atoms. The number of benzene rings is 3. The van der Waals surface area contributed by atoms with Crippen LogP contribution in [0.25, 0.3) is 11.1 Å². The Bertz CT molecular complexity index is 980. The SMILES string of the molecule is CSc1cc(C(=O)NCc2ccc(C)c(SC)c2)cc(-c2ccc(C)cc2)c1. The van der Waals surface area contributed by atoms with E-state index < -0.39 is 0 Å². The van der Waals surface area contributed by atoms with Gasteiger partial charge < -0.3 is 5.32 Å². The summed E-state index contributed by atoms with van der Waals surface area (Å²) in [4.78, 5) is 15.2. The summed E-state index contributed by atoms with van der Waals surface area (Å²) in [5.74, 6) is -0.0458. The Labute approximate surface area is 176 Å². The normalized spacial score (nSPS) is 10.7. The van der Waals surface area contributed by atoms with Gasteiger partial charge in [0.2, 0.25) is 0 Å². The smallest absolute Gasteiger partial charge is 0.251 e. The van der Waals surface area contributed by atoms with E-state index in [0.29, 0.717) is 12.1 Å². The molecule has 0 bridgehead atoms. The molecule has 0 unspecified atom stereocenters. The van der Waals surface area contributed by atoms with Crippen LogP contribution in [0.4, 0.5) is 0 Å². The minimum Gasteiger partial charge on any atom is -0.348 e. The minimum atomic E-state index is -0.0458. The molecule has 28 heavy (non-hydrogen) atoms. The molecule has 0 aliphatic rings. The molecule has 1 N–H and O–H groups in total. The fraction of sp³-hybridized carbons (Fsp3) is 0.208. The number of aryl methyl sites for hydroxylation is 2. The third-order valence-corrected chi connectivity index (χ3v) is 6.30. The molecule has 0 aliphatic carbocycles. The van der Waals surface area contributed by atoms with Crippen molar-refractivity contribution in [2.45, 2.75) is 30.2 Å². The summed E-state index contributed by atoms with van der Waals surface area (Å²) in [6.45, 7) is 4.71. The average molecular weight is 408 g/mol. The van der Waals surface area contributed by atoms with E-state index in [4.69, 9.17) is 0 Å². The van der Waals surface area contributed by atoms with Crippen LogP contribution in [0.3, 0.4) is 0 Å². The van der Waals surface area contributed by atoms with Crippen LogP contribution < -0.4 is 5.32 Å². The monoisotopic (exact) mass is 407 g/mol. The number of hydrogen-bond acceptors (Lipinski definition) is 3. The van der Waals surface area contributed by atoms with Gasteiger partial charge in [0.25, 0.3) is 5.91 Å². The first-order valence-electron chi connectivity index (χ1n) is 9.18. The van der Waals surface area contributed by atoms with Crippen molar-refractivity contribution in [2.75, 3.05) is 12.5 Å². The summed E-state index contributed by atoms with van der Waals surface area (Å²) in [6, 6.07) is 20.8. The van der Waals surface area contributed by atoms with Gasteiger partial charge in [-0.25, -0.2) is 0 Å². The molecular weight excluding hydrogens is 382 g/mol. The summed E-state index contributed by atoms with van der Waals surface area (Å²) in [7, 11) is 0.